The monoisotopic (exact) mass is 255 g/mol. The molecule has 0 atom stereocenters. The zero-order valence-corrected chi connectivity index (χ0v) is 11.1. The third-order valence-electron chi connectivity index (χ3n) is 3.00. The van der Waals surface area contributed by atoms with Crippen molar-refractivity contribution < 1.29 is 4.79 Å². The van der Waals surface area contributed by atoms with E-state index >= 15 is 0 Å². The van der Waals surface area contributed by atoms with Crippen molar-refractivity contribution in [3.05, 3.63) is 54.1 Å². The van der Waals surface area contributed by atoms with Gasteiger partial charge in [-0.2, -0.15) is 0 Å². The zero-order valence-electron chi connectivity index (χ0n) is 11.1. The molecule has 0 unspecified atom stereocenters. The number of hydrogen-bond donors (Lipinski definition) is 2. The Bertz CT molecular complexity index is 578. The van der Waals surface area contributed by atoms with Crippen LogP contribution in [0.15, 0.2) is 48.5 Å². The number of carbonyl (C=O) groups excluding carboxylic acids is 1. The highest BCUT2D eigenvalue weighted by Crippen LogP contribution is 2.25. The van der Waals surface area contributed by atoms with Gasteiger partial charge in [0.1, 0.15) is 0 Å². The van der Waals surface area contributed by atoms with E-state index < -0.39 is 0 Å². The summed E-state index contributed by atoms with van der Waals surface area (Å²) in [6.45, 7) is 0. The van der Waals surface area contributed by atoms with Gasteiger partial charge in [0.2, 0.25) is 0 Å². The molecule has 0 spiro atoms. The van der Waals surface area contributed by atoms with E-state index in [4.69, 9.17) is 5.73 Å². The minimum atomic E-state index is -0.0669. The summed E-state index contributed by atoms with van der Waals surface area (Å²) in [5.74, 6) is -0.0669. The van der Waals surface area contributed by atoms with Crippen LogP contribution in [0.3, 0.4) is 0 Å². The highest BCUT2D eigenvalue weighted by Gasteiger charge is 2.15. The largest absolute Gasteiger partial charge is 0.399 e. The summed E-state index contributed by atoms with van der Waals surface area (Å²) in [5.41, 5.74) is 8.64. The summed E-state index contributed by atoms with van der Waals surface area (Å²) < 4.78 is 0. The van der Waals surface area contributed by atoms with Crippen LogP contribution in [0.2, 0.25) is 0 Å². The molecule has 2 aromatic carbocycles. The van der Waals surface area contributed by atoms with Gasteiger partial charge in [-0.05, 0) is 36.4 Å². The Morgan fingerprint density at radius 2 is 1.74 bits per heavy atom. The smallest absolute Gasteiger partial charge is 0.258 e. The third-order valence-corrected chi connectivity index (χ3v) is 3.00. The van der Waals surface area contributed by atoms with Crippen LogP contribution in [-0.2, 0) is 0 Å². The van der Waals surface area contributed by atoms with Crippen molar-refractivity contribution in [2.75, 3.05) is 30.0 Å². The molecule has 1 amide bonds. The Morgan fingerprint density at radius 1 is 1.11 bits per heavy atom. The van der Waals surface area contributed by atoms with Crippen LogP contribution in [0.1, 0.15) is 10.4 Å². The summed E-state index contributed by atoms with van der Waals surface area (Å²) in [6, 6.07) is 14.6. The fourth-order valence-corrected chi connectivity index (χ4v) is 1.91. The van der Waals surface area contributed by atoms with Gasteiger partial charge in [-0.3, -0.25) is 4.79 Å². The number of benzene rings is 2. The fourth-order valence-electron chi connectivity index (χ4n) is 1.91. The number of anilines is 3. The van der Waals surface area contributed by atoms with Gasteiger partial charge in [0.05, 0.1) is 11.4 Å². The van der Waals surface area contributed by atoms with Gasteiger partial charge in [0.15, 0.2) is 0 Å². The second kappa shape index (κ2) is 5.44. The van der Waals surface area contributed by atoms with E-state index in [9.17, 15) is 4.79 Å². The first-order valence-corrected chi connectivity index (χ1v) is 6.04. The molecule has 0 aliphatic rings. The van der Waals surface area contributed by atoms with Crippen LogP contribution in [0.4, 0.5) is 17.1 Å². The lowest BCUT2D eigenvalue weighted by molar-refractivity contribution is 0.0993. The summed E-state index contributed by atoms with van der Waals surface area (Å²) >= 11 is 0. The molecule has 98 valence electrons. The molecule has 3 N–H and O–H groups in total. The number of rotatable bonds is 3. The summed E-state index contributed by atoms with van der Waals surface area (Å²) in [5, 5.41) is 3.08. The van der Waals surface area contributed by atoms with Crippen molar-refractivity contribution in [3.63, 3.8) is 0 Å². The number of nitrogens with zero attached hydrogens (tertiary/aromatic N) is 1. The number of nitrogens with two attached hydrogens (primary N) is 1. The molecule has 0 aromatic heterocycles. The lowest BCUT2D eigenvalue weighted by Gasteiger charge is -2.20. The number of amides is 1. The summed E-state index contributed by atoms with van der Waals surface area (Å²) in [7, 11) is 3.59. The molecular formula is C15H17N3O. The van der Waals surface area contributed by atoms with Gasteiger partial charge in [0.25, 0.3) is 5.91 Å². The van der Waals surface area contributed by atoms with Crippen molar-refractivity contribution in [3.8, 4) is 0 Å². The average Bonchev–Trinajstić information content (AvgIpc) is 2.46. The van der Waals surface area contributed by atoms with Crippen LogP contribution in [0.5, 0.6) is 0 Å². The van der Waals surface area contributed by atoms with Crippen LogP contribution < -0.4 is 16.0 Å². The maximum atomic E-state index is 12.4. The van der Waals surface area contributed by atoms with Crippen molar-refractivity contribution in [1.29, 1.82) is 0 Å². The number of carbonyl (C=O) groups is 1. The fraction of sp³-hybridized carbons (Fsp3) is 0.133. The topological polar surface area (TPSA) is 58.4 Å². The molecule has 0 bridgehead atoms. The van der Waals surface area contributed by atoms with E-state index in [1.807, 2.05) is 31.3 Å². The third kappa shape index (κ3) is 2.68. The minimum Gasteiger partial charge on any atom is -0.399 e. The van der Waals surface area contributed by atoms with Crippen molar-refractivity contribution in [2.45, 2.75) is 0 Å². The SMILES string of the molecule is CNc1ccccc1N(C)C(=O)c1ccc(N)cc1. The van der Waals surface area contributed by atoms with Crippen LogP contribution >= 0.6 is 0 Å². The number of nitrogen functional groups attached to an aromatic ring is 1. The van der Waals surface area contributed by atoms with E-state index in [0.29, 0.717) is 11.3 Å². The first kappa shape index (κ1) is 13.0. The molecule has 4 heteroatoms. The average molecular weight is 255 g/mol. The van der Waals surface area contributed by atoms with Gasteiger partial charge in [-0.15, -0.1) is 0 Å². The molecule has 19 heavy (non-hydrogen) atoms. The van der Waals surface area contributed by atoms with E-state index in [1.54, 1.807) is 36.2 Å². The first-order valence-electron chi connectivity index (χ1n) is 6.04. The Labute approximate surface area is 112 Å². The molecule has 0 saturated heterocycles. The maximum absolute atomic E-state index is 12.4. The van der Waals surface area contributed by atoms with E-state index in [1.165, 1.54) is 0 Å². The lowest BCUT2D eigenvalue weighted by atomic mass is 10.1. The molecule has 0 aliphatic heterocycles. The Hall–Kier alpha value is -2.49. The Morgan fingerprint density at radius 3 is 2.37 bits per heavy atom. The predicted molar refractivity (Wildman–Crippen MR) is 79.6 cm³/mol. The van der Waals surface area contributed by atoms with E-state index in [2.05, 4.69) is 5.32 Å². The summed E-state index contributed by atoms with van der Waals surface area (Å²) in [6.07, 6.45) is 0. The van der Waals surface area contributed by atoms with Gasteiger partial charge in [0, 0.05) is 25.3 Å². The Kier molecular flexibility index (Phi) is 3.71. The van der Waals surface area contributed by atoms with Gasteiger partial charge >= 0.3 is 0 Å². The second-order valence-electron chi connectivity index (χ2n) is 4.25. The van der Waals surface area contributed by atoms with Crippen molar-refractivity contribution in [2.24, 2.45) is 0 Å². The summed E-state index contributed by atoms with van der Waals surface area (Å²) in [4.78, 5) is 14.0. The Balaban J connectivity index is 2.30. The van der Waals surface area contributed by atoms with Crippen molar-refractivity contribution in [1.82, 2.24) is 0 Å². The van der Waals surface area contributed by atoms with Gasteiger partial charge in [-0.1, -0.05) is 12.1 Å². The predicted octanol–water partition coefficient (Wildman–Crippen LogP) is 2.59. The zero-order chi connectivity index (χ0) is 13.8. The standard InChI is InChI=1S/C15H17N3O/c1-17-13-5-3-4-6-14(13)18(2)15(19)11-7-9-12(16)10-8-11/h3-10,17H,16H2,1-2H3. The van der Waals surface area contributed by atoms with E-state index in [0.717, 1.165) is 11.4 Å². The van der Waals surface area contributed by atoms with E-state index in [-0.39, 0.29) is 5.91 Å². The molecular weight excluding hydrogens is 238 g/mol. The molecule has 0 fully saturated rings. The quantitative estimate of drug-likeness (QED) is 0.829. The molecule has 0 heterocycles. The molecule has 4 nitrogen and oxygen atoms in total. The molecule has 0 radical (unpaired) electrons. The highest BCUT2D eigenvalue weighted by molar-refractivity contribution is 6.07. The second-order valence-corrected chi connectivity index (χ2v) is 4.25. The van der Waals surface area contributed by atoms with Crippen LogP contribution in [-0.4, -0.2) is 20.0 Å². The number of para-hydroxylation sites is 2. The van der Waals surface area contributed by atoms with Crippen molar-refractivity contribution >= 4 is 23.0 Å². The molecule has 2 rings (SSSR count). The normalized spacial score (nSPS) is 10.0. The molecule has 0 aliphatic carbocycles. The van der Waals surface area contributed by atoms with Crippen LogP contribution in [0, 0.1) is 0 Å². The molecule has 0 saturated carbocycles. The van der Waals surface area contributed by atoms with Gasteiger partial charge < -0.3 is 16.0 Å². The lowest BCUT2D eigenvalue weighted by Crippen LogP contribution is -2.26. The maximum Gasteiger partial charge on any atom is 0.258 e. The van der Waals surface area contributed by atoms with Crippen LogP contribution in [0.25, 0.3) is 0 Å². The number of hydrogen-bond acceptors (Lipinski definition) is 3. The van der Waals surface area contributed by atoms with Gasteiger partial charge in [-0.25, -0.2) is 0 Å². The number of nitrogens with one attached hydrogen (secondary N) is 1. The molecule has 2 aromatic rings. The first-order chi connectivity index (χ1) is 9.13. The highest BCUT2D eigenvalue weighted by atomic mass is 16.2. The minimum absolute atomic E-state index is 0.0669.